The second-order valence-electron chi connectivity index (χ2n) is 5.84. The van der Waals surface area contributed by atoms with Gasteiger partial charge in [0.15, 0.2) is 0 Å². The lowest BCUT2D eigenvalue weighted by molar-refractivity contribution is 0.370. The number of nitrogens with zero attached hydrogens (tertiary/aromatic N) is 2. The molecule has 1 aliphatic carbocycles. The van der Waals surface area contributed by atoms with Gasteiger partial charge in [-0.15, -0.1) is 0 Å². The van der Waals surface area contributed by atoms with Crippen LogP contribution >= 0.6 is 0 Å². The summed E-state index contributed by atoms with van der Waals surface area (Å²) in [6.45, 7) is 3.09. The van der Waals surface area contributed by atoms with Crippen molar-refractivity contribution in [3.63, 3.8) is 0 Å². The minimum Gasteiger partial charge on any atom is -0.370 e. The summed E-state index contributed by atoms with van der Waals surface area (Å²) < 4.78 is 2.07. The summed E-state index contributed by atoms with van der Waals surface area (Å²) in [6, 6.07) is 11.4. The van der Waals surface area contributed by atoms with Crippen LogP contribution in [0.4, 0.5) is 5.82 Å². The van der Waals surface area contributed by atoms with Crippen molar-refractivity contribution in [3.8, 4) is 0 Å². The van der Waals surface area contributed by atoms with Crippen molar-refractivity contribution in [3.05, 3.63) is 47.7 Å². The largest absolute Gasteiger partial charge is 0.370 e. The third-order valence-electron chi connectivity index (χ3n) is 4.51. The van der Waals surface area contributed by atoms with Gasteiger partial charge in [-0.05, 0) is 24.0 Å². The molecule has 1 aromatic carbocycles. The molecule has 0 saturated heterocycles. The number of hydrogen-bond acceptors (Lipinski definition) is 3. The van der Waals surface area contributed by atoms with E-state index >= 15 is 0 Å². The molecule has 0 spiro atoms. The van der Waals surface area contributed by atoms with Crippen LogP contribution in [0, 0.1) is 5.92 Å². The second kappa shape index (κ2) is 4.94. The molecule has 0 radical (unpaired) electrons. The van der Waals surface area contributed by atoms with Crippen molar-refractivity contribution in [2.24, 2.45) is 5.92 Å². The van der Waals surface area contributed by atoms with E-state index in [9.17, 15) is 0 Å². The molecule has 1 aliphatic heterocycles. The molecule has 2 N–H and O–H groups in total. The maximum atomic E-state index is 4.35. The van der Waals surface area contributed by atoms with Gasteiger partial charge in [-0.2, -0.15) is 5.10 Å². The first kappa shape index (κ1) is 12.0. The van der Waals surface area contributed by atoms with E-state index in [1.165, 1.54) is 24.0 Å². The molecule has 104 valence electrons. The highest BCUT2D eigenvalue weighted by Gasteiger charge is 2.24. The first-order valence-corrected chi connectivity index (χ1v) is 7.47. The lowest BCUT2D eigenvalue weighted by Crippen LogP contribution is -2.36. The van der Waals surface area contributed by atoms with Crippen LogP contribution in [-0.2, 0) is 13.0 Å². The van der Waals surface area contributed by atoms with Crippen LogP contribution in [0.1, 0.15) is 23.6 Å². The maximum Gasteiger partial charge on any atom is 0.124 e. The first-order valence-electron chi connectivity index (χ1n) is 7.47. The van der Waals surface area contributed by atoms with Crippen LogP contribution in [0.15, 0.2) is 36.5 Å². The third kappa shape index (κ3) is 2.10. The summed E-state index contributed by atoms with van der Waals surface area (Å²) in [4.78, 5) is 0. The van der Waals surface area contributed by atoms with Gasteiger partial charge in [0.2, 0.25) is 0 Å². The van der Waals surface area contributed by atoms with Gasteiger partial charge in [0.05, 0.1) is 6.20 Å². The number of aryl methyl sites for hydroxylation is 1. The maximum absolute atomic E-state index is 4.35. The first-order chi connectivity index (χ1) is 9.90. The monoisotopic (exact) mass is 268 g/mol. The van der Waals surface area contributed by atoms with Crippen LogP contribution in [0.2, 0.25) is 0 Å². The van der Waals surface area contributed by atoms with Crippen LogP contribution in [0.5, 0.6) is 0 Å². The lowest BCUT2D eigenvalue weighted by atomic mass is 10.1. The van der Waals surface area contributed by atoms with E-state index in [0.717, 1.165) is 25.5 Å². The predicted octanol–water partition coefficient (Wildman–Crippen LogP) is 2.20. The van der Waals surface area contributed by atoms with Crippen molar-refractivity contribution in [2.75, 3.05) is 18.4 Å². The smallest absolute Gasteiger partial charge is 0.124 e. The van der Waals surface area contributed by atoms with Gasteiger partial charge in [-0.25, -0.2) is 4.68 Å². The molecule has 2 aromatic rings. The molecule has 4 nitrogen and oxygen atoms in total. The molecule has 2 aliphatic rings. The quantitative estimate of drug-likeness (QED) is 0.897. The van der Waals surface area contributed by atoms with E-state index in [0.29, 0.717) is 12.0 Å². The number of benzene rings is 1. The average Bonchev–Trinajstić information content (AvgIpc) is 3.11. The molecule has 4 heteroatoms. The Hall–Kier alpha value is -1.81. The Kier molecular flexibility index (Phi) is 2.96. The predicted molar refractivity (Wildman–Crippen MR) is 79.7 cm³/mol. The molecule has 2 atom stereocenters. The number of fused-ring (bicyclic) bond motifs is 2. The summed E-state index contributed by atoms with van der Waals surface area (Å²) in [5.41, 5.74) is 3.01. The van der Waals surface area contributed by atoms with Crippen LogP contribution in [0.3, 0.4) is 0 Å². The third-order valence-corrected chi connectivity index (χ3v) is 4.51. The van der Waals surface area contributed by atoms with E-state index in [1.54, 1.807) is 0 Å². The highest BCUT2D eigenvalue weighted by molar-refractivity contribution is 5.36. The number of anilines is 1. The Labute approximate surface area is 119 Å². The SMILES string of the molecule is c1ccc2c(c1)CC[C@@H]2NC[C@H]1CNc2ccnn2C1. The van der Waals surface area contributed by atoms with Crippen molar-refractivity contribution in [2.45, 2.75) is 25.4 Å². The van der Waals surface area contributed by atoms with Gasteiger partial charge < -0.3 is 10.6 Å². The van der Waals surface area contributed by atoms with E-state index in [-0.39, 0.29) is 0 Å². The summed E-state index contributed by atoms with van der Waals surface area (Å²) in [6.07, 6.45) is 4.30. The van der Waals surface area contributed by atoms with E-state index in [4.69, 9.17) is 0 Å². The number of hydrogen-bond donors (Lipinski definition) is 2. The Balaban J connectivity index is 1.38. The van der Waals surface area contributed by atoms with E-state index in [2.05, 4.69) is 44.7 Å². The normalized spacial score (nSPS) is 24.0. The summed E-state index contributed by atoms with van der Waals surface area (Å²) in [5.74, 6) is 1.75. The fourth-order valence-electron chi connectivity index (χ4n) is 3.40. The lowest BCUT2D eigenvalue weighted by Gasteiger charge is -2.26. The zero-order chi connectivity index (χ0) is 13.4. The van der Waals surface area contributed by atoms with Crippen LogP contribution in [-0.4, -0.2) is 22.9 Å². The minimum absolute atomic E-state index is 0.533. The fraction of sp³-hybridized carbons (Fsp3) is 0.438. The van der Waals surface area contributed by atoms with Gasteiger partial charge in [-0.1, -0.05) is 24.3 Å². The van der Waals surface area contributed by atoms with Gasteiger partial charge >= 0.3 is 0 Å². The zero-order valence-electron chi connectivity index (χ0n) is 11.5. The number of rotatable bonds is 3. The molecular formula is C16H20N4. The van der Waals surface area contributed by atoms with Gasteiger partial charge in [0.1, 0.15) is 5.82 Å². The van der Waals surface area contributed by atoms with Gasteiger partial charge in [0, 0.05) is 37.7 Å². The molecule has 1 aromatic heterocycles. The summed E-state index contributed by atoms with van der Waals surface area (Å²) in [5, 5.41) is 11.5. The standard InChI is InChI=1S/C16H20N4/c1-2-4-14-13(3-1)5-6-15(14)17-9-12-10-18-16-7-8-19-20(16)11-12/h1-4,7-8,12,15,17-18H,5-6,9-11H2/t12-,15-/m0/s1. The summed E-state index contributed by atoms with van der Waals surface area (Å²) in [7, 11) is 0. The molecule has 2 heterocycles. The van der Waals surface area contributed by atoms with E-state index in [1.807, 2.05) is 12.3 Å². The Morgan fingerprint density at radius 3 is 3.25 bits per heavy atom. The van der Waals surface area contributed by atoms with Crippen molar-refractivity contribution in [1.82, 2.24) is 15.1 Å². The molecule has 4 rings (SSSR count). The fourth-order valence-corrected chi connectivity index (χ4v) is 3.40. The molecule has 20 heavy (non-hydrogen) atoms. The molecule has 0 amide bonds. The molecule has 0 bridgehead atoms. The van der Waals surface area contributed by atoms with Crippen LogP contribution < -0.4 is 10.6 Å². The molecule has 0 saturated carbocycles. The number of aromatic nitrogens is 2. The van der Waals surface area contributed by atoms with Crippen molar-refractivity contribution in [1.29, 1.82) is 0 Å². The van der Waals surface area contributed by atoms with Gasteiger partial charge in [-0.3, -0.25) is 0 Å². The number of nitrogens with one attached hydrogen (secondary N) is 2. The topological polar surface area (TPSA) is 41.9 Å². The van der Waals surface area contributed by atoms with Crippen molar-refractivity contribution < 1.29 is 0 Å². The Morgan fingerprint density at radius 1 is 1.30 bits per heavy atom. The highest BCUT2D eigenvalue weighted by Crippen LogP contribution is 2.30. The zero-order valence-corrected chi connectivity index (χ0v) is 11.5. The summed E-state index contributed by atoms with van der Waals surface area (Å²) >= 11 is 0. The minimum atomic E-state index is 0.533. The van der Waals surface area contributed by atoms with E-state index < -0.39 is 0 Å². The Bertz CT molecular complexity index is 604. The van der Waals surface area contributed by atoms with Crippen LogP contribution in [0.25, 0.3) is 0 Å². The Morgan fingerprint density at radius 2 is 2.25 bits per heavy atom. The second-order valence-corrected chi connectivity index (χ2v) is 5.84. The molecular weight excluding hydrogens is 248 g/mol. The molecule has 0 fully saturated rings. The van der Waals surface area contributed by atoms with Crippen molar-refractivity contribution >= 4 is 5.82 Å². The van der Waals surface area contributed by atoms with Gasteiger partial charge in [0.25, 0.3) is 0 Å². The average molecular weight is 268 g/mol. The molecule has 0 unspecified atom stereocenters. The highest BCUT2D eigenvalue weighted by atomic mass is 15.3.